The predicted molar refractivity (Wildman–Crippen MR) is 93.5 cm³/mol. The SMILES string of the molecule is O=C(c1ccccc1)c1cccc(O)c1O.c1ccc2n[nH]nc2c1. The third-order valence-corrected chi connectivity index (χ3v) is 3.52. The zero-order chi connectivity index (χ0) is 17.6. The molecule has 0 bridgehead atoms. The van der Waals surface area contributed by atoms with Crippen LogP contribution in [0.25, 0.3) is 11.0 Å². The summed E-state index contributed by atoms with van der Waals surface area (Å²) in [5.41, 5.74) is 2.41. The number of aromatic amines is 1. The highest BCUT2D eigenvalue weighted by Gasteiger charge is 2.15. The summed E-state index contributed by atoms with van der Waals surface area (Å²) in [7, 11) is 0. The standard InChI is InChI=1S/C13H10O3.C6H5N3/c14-11-8-4-7-10(13(11)16)12(15)9-5-2-1-3-6-9;1-2-4-6-5(3-1)7-9-8-6/h1-8,14,16H;1-4H,(H,7,8,9). The Labute approximate surface area is 143 Å². The van der Waals surface area contributed by atoms with E-state index in [9.17, 15) is 15.0 Å². The van der Waals surface area contributed by atoms with Crippen LogP contribution in [0.2, 0.25) is 0 Å². The molecule has 3 N–H and O–H groups in total. The van der Waals surface area contributed by atoms with Crippen molar-refractivity contribution in [3.05, 3.63) is 83.9 Å². The highest BCUT2D eigenvalue weighted by atomic mass is 16.3. The van der Waals surface area contributed by atoms with Crippen LogP contribution in [-0.2, 0) is 0 Å². The van der Waals surface area contributed by atoms with E-state index in [1.807, 2.05) is 24.3 Å². The molecule has 0 aliphatic carbocycles. The Balaban J connectivity index is 0.000000170. The molecule has 0 aliphatic heterocycles. The number of aromatic nitrogens is 3. The van der Waals surface area contributed by atoms with Gasteiger partial charge in [-0.05, 0) is 24.3 Å². The van der Waals surface area contributed by atoms with Crippen molar-refractivity contribution >= 4 is 16.8 Å². The van der Waals surface area contributed by atoms with E-state index in [1.54, 1.807) is 30.3 Å². The maximum Gasteiger partial charge on any atom is 0.196 e. The number of aromatic hydroxyl groups is 2. The summed E-state index contributed by atoms with van der Waals surface area (Å²) in [6, 6.07) is 20.6. The maximum absolute atomic E-state index is 11.9. The minimum Gasteiger partial charge on any atom is -0.504 e. The molecule has 0 spiro atoms. The second kappa shape index (κ2) is 7.27. The summed E-state index contributed by atoms with van der Waals surface area (Å²) in [5, 5.41) is 29.2. The quantitative estimate of drug-likeness (QED) is 0.386. The van der Waals surface area contributed by atoms with Crippen LogP contribution in [0.15, 0.2) is 72.8 Å². The average molecular weight is 333 g/mol. The van der Waals surface area contributed by atoms with Gasteiger partial charge in [0, 0.05) is 5.56 Å². The van der Waals surface area contributed by atoms with Crippen LogP contribution in [0.1, 0.15) is 15.9 Å². The molecule has 1 heterocycles. The monoisotopic (exact) mass is 333 g/mol. The molecule has 0 atom stereocenters. The van der Waals surface area contributed by atoms with Crippen molar-refractivity contribution in [1.29, 1.82) is 0 Å². The number of phenols is 2. The number of carbonyl (C=O) groups excluding carboxylic acids is 1. The van der Waals surface area contributed by atoms with Crippen molar-refractivity contribution in [3.8, 4) is 11.5 Å². The number of fused-ring (bicyclic) bond motifs is 1. The molecular formula is C19H15N3O3. The van der Waals surface area contributed by atoms with Gasteiger partial charge in [-0.2, -0.15) is 15.4 Å². The molecule has 0 radical (unpaired) electrons. The van der Waals surface area contributed by atoms with E-state index in [0.29, 0.717) is 5.56 Å². The number of benzene rings is 3. The first-order chi connectivity index (χ1) is 12.2. The van der Waals surface area contributed by atoms with Gasteiger partial charge in [-0.3, -0.25) is 4.79 Å². The predicted octanol–water partition coefficient (Wildman–Crippen LogP) is 3.29. The van der Waals surface area contributed by atoms with Gasteiger partial charge in [0.15, 0.2) is 17.3 Å². The van der Waals surface area contributed by atoms with Gasteiger partial charge < -0.3 is 10.2 Å². The van der Waals surface area contributed by atoms with Crippen molar-refractivity contribution in [3.63, 3.8) is 0 Å². The van der Waals surface area contributed by atoms with Gasteiger partial charge >= 0.3 is 0 Å². The number of hydrogen-bond donors (Lipinski definition) is 3. The molecule has 0 saturated heterocycles. The molecule has 0 fully saturated rings. The van der Waals surface area contributed by atoms with Crippen LogP contribution in [0.5, 0.6) is 11.5 Å². The molecule has 0 saturated carbocycles. The Morgan fingerprint density at radius 3 is 2.00 bits per heavy atom. The Bertz CT molecular complexity index is 967. The number of phenolic OH excluding ortho intramolecular Hbond substituents is 2. The highest BCUT2D eigenvalue weighted by Crippen LogP contribution is 2.29. The van der Waals surface area contributed by atoms with E-state index < -0.39 is 0 Å². The van der Waals surface area contributed by atoms with Crippen LogP contribution < -0.4 is 0 Å². The first-order valence-corrected chi connectivity index (χ1v) is 7.53. The molecule has 0 amide bonds. The van der Waals surface area contributed by atoms with E-state index in [2.05, 4.69) is 15.4 Å². The molecule has 1 aromatic heterocycles. The molecule has 0 aliphatic rings. The molecule has 0 unspecified atom stereocenters. The number of nitrogens with one attached hydrogen (secondary N) is 1. The van der Waals surface area contributed by atoms with Crippen LogP contribution >= 0.6 is 0 Å². The molecular weight excluding hydrogens is 318 g/mol. The number of ketones is 1. The van der Waals surface area contributed by atoms with Crippen LogP contribution in [0, 0.1) is 0 Å². The van der Waals surface area contributed by atoms with Crippen molar-refractivity contribution in [2.24, 2.45) is 0 Å². The Kier molecular flexibility index (Phi) is 4.71. The van der Waals surface area contributed by atoms with Gasteiger partial charge in [-0.15, -0.1) is 0 Å². The second-order valence-corrected chi connectivity index (χ2v) is 5.18. The van der Waals surface area contributed by atoms with E-state index in [0.717, 1.165) is 11.0 Å². The van der Waals surface area contributed by atoms with Crippen LogP contribution in [0.3, 0.4) is 0 Å². The van der Waals surface area contributed by atoms with Crippen molar-refractivity contribution in [1.82, 2.24) is 15.4 Å². The van der Waals surface area contributed by atoms with E-state index in [1.165, 1.54) is 18.2 Å². The lowest BCUT2D eigenvalue weighted by Gasteiger charge is -2.04. The first-order valence-electron chi connectivity index (χ1n) is 7.53. The minimum absolute atomic E-state index is 0.103. The van der Waals surface area contributed by atoms with E-state index in [-0.39, 0.29) is 22.8 Å². The summed E-state index contributed by atoms with van der Waals surface area (Å²) in [5.74, 6) is -0.980. The Morgan fingerprint density at radius 2 is 1.36 bits per heavy atom. The lowest BCUT2D eigenvalue weighted by atomic mass is 10.0. The molecule has 124 valence electrons. The van der Waals surface area contributed by atoms with Crippen molar-refractivity contribution < 1.29 is 15.0 Å². The minimum atomic E-state index is -0.378. The zero-order valence-electron chi connectivity index (χ0n) is 13.1. The van der Waals surface area contributed by atoms with E-state index >= 15 is 0 Å². The van der Waals surface area contributed by atoms with Gasteiger partial charge in [0.1, 0.15) is 11.0 Å². The number of H-pyrrole nitrogens is 1. The first kappa shape index (κ1) is 16.2. The molecule has 4 rings (SSSR count). The summed E-state index contributed by atoms with van der Waals surface area (Å²) >= 11 is 0. The lowest BCUT2D eigenvalue weighted by molar-refractivity contribution is 0.103. The Morgan fingerprint density at radius 1 is 0.760 bits per heavy atom. The fourth-order valence-electron chi connectivity index (χ4n) is 2.25. The third kappa shape index (κ3) is 3.64. The van der Waals surface area contributed by atoms with Crippen molar-refractivity contribution in [2.45, 2.75) is 0 Å². The summed E-state index contributed by atoms with van der Waals surface area (Å²) in [6.07, 6.45) is 0. The normalized spacial score (nSPS) is 10.1. The number of nitrogens with zero attached hydrogens (tertiary/aromatic N) is 2. The third-order valence-electron chi connectivity index (χ3n) is 3.52. The van der Waals surface area contributed by atoms with Gasteiger partial charge in [-0.1, -0.05) is 48.5 Å². The fourth-order valence-corrected chi connectivity index (χ4v) is 2.25. The Hall–Kier alpha value is -3.67. The fraction of sp³-hybridized carbons (Fsp3) is 0. The number of carbonyl (C=O) groups is 1. The maximum atomic E-state index is 11.9. The smallest absolute Gasteiger partial charge is 0.196 e. The lowest BCUT2D eigenvalue weighted by Crippen LogP contribution is -2.01. The van der Waals surface area contributed by atoms with Crippen LogP contribution in [0.4, 0.5) is 0 Å². The van der Waals surface area contributed by atoms with Crippen LogP contribution in [-0.4, -0.2) is 31.4 Å². The zero-order valence-corrected chi connectivity index (χ0v) is 13.1. The molecule has 3 aromatic carbocycles. The van der Waals surface area contributed by atoms with Gasteiger partial charge in [0.25, 0.3) is 0 Å². The summed E-state index contributed by atoms with van der Waals surface area (Å²) < 4.78 is 0. The van der Waals surface area contributed by atoms with Gasteiger partial charge in [0.05, 0.1) is 5.56 Å². The molecule has 6 heteroatoms. The highest BCUT2D eigenvalue weighted by molar-refractivity contribution is 6.11. The molecule has 6 nitrogen and oxygen atoms in total. The van der Waals surface area contributed by atoms with Gasteiger partial charge in [0.2, 0.25) is 0 Å². The molecule has 4 aromatic rings. The van der Waals surface area contributed by atoms with E-state index in [4.69, 9.17) is 0 Å². The largest absolute Gasteiger partial charge is 0.504 e. The van der Waals surface area contributed by atoms with Crippen molar-refractivity contribution in [2.75, 3.05) is 0 Å². The second-order valence-electron chi connectivity index (χ2n) is 5.18. The molecule has 25 heavy (non-hydrogen) atoms. The number of hydrogen-bond acceptors (Lipinski definition) is 5. The number of rotatable bonds is 2. The van der Waals surface area contributed by atoms with Gasteiger partial charge in [-0.25, -0.2) is 0 Å². The summed E-state index contributed by atoms with van der Waals surface area (Å²) in [4.78, 5) is 11.9. The topological polar surface area (TPSA) is 99.1 Å². The summed E-state index contributed by atoms with van der Waals surface area (Å²) in [6.45, 7) is 0. The average Bonchev–Trinajstić information content (AvgIpc) is 3.13. The number of para-hydroxylation sites is 3.